The minimum absolute atomic E-state index is 0.0806. The van der Waals surface area contributed by atoms with E-state index in [2.05, 4.69) is 15.9 Å². The van der Waals surface area contributed by atoms with Crippen molar-refractivity contribution in [3.8, 4) is 5.75 Å². The summed E-state index contributed by atoms with van der Waals surface area (Å²) in [4.78, 5) is 0. The van der Waals surface area contributed by atoms with Crippen molar-refractivity contribution in [2.75, 3.05) is 0 Å². The first kappa shape index (κ1) is 8.51. The summed E-state index contributed by atoms with van der Waals surface area (Å²) in [6, 6.07) is 7.88. The number of phenolic OH excluding ortho intramolecular Hbond substituents is 1. The normalized spacial score (nSPS) is 10.6. The van der Waals surface area contributed by atoms with E-state index in [1.807, 2.05) is 0 Å². The predicted octanol–water partition coefficient (Wildman–Crippen LogP) is 3.45. The lowest BCUT2D eigenvalue weighted by atomic mass is 10.1. The van der Waals surface area contributed by atoms with Gasteiger partial charge < -0.3 is 5.11 Å². The fourth-order valence-corrected chi connectivity index (χ4v) is 1.62. The van der Waals surface area contributed by atoms with Crippen molar-refractivity contribution in [3.63, 3.8) is 0 Å². The van der Waals surface area contributed by atoms with Crippen LogP contribution in [-0.2, 0) is 0 Å². The number of hydrogen-bond acceptors (Lipinski definition) is 1. The maximum absolute atomic E-state index is 13.2. The minimum Gasteiger partial charge on any atom is -0.506 e. The molecule has 0 aliphatic heterocycles. The van der Waals surface area contributed by atoms with Gasteiger partial charge in [0.15, 0.2) is 0 Å². The van der Waals surface area contributed by atoms with Gasteiger partial charge in [-0.05, 0) is 28.1 Å². The van der Waals surface area contributed by atoms with Crippen LogP contribution in [0.4, 0.5) is 4.39 Å². The minimum atomic E-state index is -0.319. The molecule has 66 valence electrons. The second kappa shape index (κ2) is 3.00. The summed E-state index contributed by atoms with van der Waals surface area (Å²) in [5.74, 6) is -0.239. The molecule has 2 rings (SSSR count). The van der Waals surface area contributed by atoms with Gasteiger partial charge in [0, 0.05) is 10.8 Å². The van der Waals surface area contributed by atoms with Crippen molar-refractivity contribution in [1.82, 2.24) is 0 Å². The van der Waals surface area contributed by atoms with Crippen molar-refractivity contribution in [1.29, 1.82) is 0 Å². The number of halogens is 2. The lowest BCUT2D eigenvalue weighted by Gasteiger charge is -2.03. The number of hydrogen-bond donors (Lipinski definition) is 1. The molecule has 0 aromatic heterocycles. The molecule has 0 bridgehead atoms. The van der Waals surface area contributed by atoms with Crippen LogP contribution in [-0.4, -0.2) is 5.11 Å². The molecule has 2 aromatic carbocycles. The van der Waals surface area contributed by atoms with Crippen LogP contribution in [0.5, 0.6) is 5.75 Å². The van der Waals surface area contributed by atoms with E-state index in [1.165, 1.54) is 6.07 Å². The van der Waals surface area contributed by atoms with Crippen LogP contribution in [0, 0.1) is 5.82 Å². The van der Waals surface area contributed by atoms with Gasteiger partial charge in [-0.3, -0.25) is 0 Å². The van der Waals surface area contributed by atoms with Gasteiger partial charge in [0.25, 0.3) is 0 Å². The Hall–Kier alpha value is -1.09. The average Bonchev–Trinajstić information content (AvgIpc) is 2.12. The average molecular weight is 241 g/mol. The highest BCUT2D eigenvalue weighted by molar-refractivity contribution is 9.10. The molecule has 2 aromatic rings. The first-order valence-corrected chi connectivity index (χ1v) is 4.55. The maximum atomic E-state index is 13.2. The summed E-state index contributed by atoms with van der Waals surface area (Å²) in [6.45, 7) is 0. The molecule has 3 heteroatoms. The van der Waals surface area contributed by atoms with Gasteiger partial charge in [-0.25, -0.2) is 4.39 Å². The standard InChI is InChI=1S/C10H6BrFO/c11-8-5-4-6-7(10(8)13)2-1-3-9(6)12/h1-5,13H. The summed E-state index contributed by atoms with van der Waals surface area (Å²) in [5, 5.41) is 10.5. The predicted molar refractivity (Wildman–Crippen MR) is 53.3 cm³/mol. The van der Waals surface area contributed by atoms with Crippen molar-refractivity contribution in [3.05, 3.63) is 40.6 Å². The Labute approximate surface area is 82.9 Å². The highest BCUT2D eigenvalue weighted by Crippen LogP contribution is 2.33. The SMILES string of the molecule is Oc1c(Br)ccc2c(F)cccc12. The summed E-state index contributed by atoms with van der Waals surface area (Å²) in [6.07, 6.45) is 0. The zero-order valence-electron chi connectivity index (χ0n) is 6.59. The lowest BCUT2D eigenvalue weighted by molar-refractivity contribution is 0.478. The molecule has 0 saturated heterocycles. The third kappa shape index (κ3) is 1.29. The van der Waals surface area contributed by atoms with E-state index in [4.69, 9.17) is 0 Å². The molecule has 13 heavy (non-hydrogen) atoms. The summed E-state index contributed by atoms with van der Waals surface area (Å²) in [5.41, 5.74) is 0. The molecular weight excluding hydrogens is 235 g/mol. The van der Waals surface area contributed by atoms with Crippen LogP contribution >= 0.6 is 15.9 Å². The van der Waals surface area contributed by atoms with Gasteiger partial charge in [-0.1, -0.05) is 18.2 Å². The van der Waals surface area contributed by atoms with Gasteiger partial charge >= 0.3 is 0 Å². The van der Waals surface area contributed by atoms with E-state index in [0.717, 1.165) is 0 Å². The van der Waals surface area contributed by atoms with Crippen LogP contribution < -0.4 is 0 Å². The van der Waals surface area contributed by atoms with Crippen LogP contribution in [0.1, 0.15) is 0 Å². The smallest absolute Gasteiger partial charge is 0.137 e. The zero-order chi connectivity index (χ0) is 9.42. The van der Waals surface area contributed by atoms with Crippen LogP contribution in [0.3, 0.4) is 0 Å². The topological polar surface area (TPSA) is 20.2 Å². The molecule has 0 fully saturated rings. The first-order chi connectivity index (χ1) is 6.20. The molecule has 0 aliphatic carbocycles. The Kier molecular flexibility index (Phi) is 1.96. The molecule has 0 heterocycles. The Balaban J connectivity index is 2.94. The van der Waals surface area contributed by atoms with Crippen molar-refractivity contribution < 1.29 is 9.50 Å². The Bertz CT molecular complexity index is 468. The van der Waals surface area contributed by atoms with E-state index in [-0.39, 0.29) is 11.6 Å². The highest BCUT2D eigenvalue weighted by atomic mass is 79.9. The molecule has 0 radical (unpaired) electrons. The number of fused-ring (bicyclic) bond motifs is 1. The highest BCUT2D eigenvalue weighted by Gasteiger charge is 2.06. The van der Waals surface area contributed by atoms with Gasteiger partial charge in [-0.15, -0.1) is 0 Å². The van der Waals surface area contributed by atoms with Crippen molar-refractivity contribution >= 4 is 26.7 Å². The quantitative estimate of drug-likeness (QED) is 0.748. The number of benzene rings is 2. The number of phenols is 1. The molecule has 1 nitrogen and oxygen atoms in total. The lowest BCUT2D eigenvalue weighted by Crippen LogP contribution is -1.80. The second-order valence-electron chi connectivity index (χ2n) is 2.73. The van der Waals surface area contributed by atoms with Gasteiger partial charge in [0.1, 0.15) is 11.6 Å². The Morgan fingerprint density at radius 3 is 2.62 bits per heavy atom. The maximum Gasteiger partial charge on any atom is 0.137 e. The third-order valence-electron chi connectivity index (χ3n) is 1.93. The van der Waals surface area contributed by atoms with Crippen LogP contribution in [0.25, 0.3) is 10.8 Å². The zero-order valence-corrected chi connectivity index (χ0v) is 8.18. The molecule has 0 unspecified atom stereocenters. The van der Waals surface area contributed by atoms with E-state index in [9.17, 15) is 9.50 Å². The summed E-state index contributed by atoms with van der Waals surface area (Å²) < 4.78 is 13.7. The molecule has 0 atom stereocenters. The van der Waals surface area contributed by atoms with Gasteiger partial charge in [-0.2, -0.15) is 0 Å². The van der Waals surface area contributed by atoms with E-state index in [1.54, 1.807) is 24.3 Å². The van der Waals surface area contributed by atoms with Crippen molar-refractivity contribution in [2.24, 2.45) is 0 Å². The van der Waals surface area contributed by atoms with Crippen molar-refractivity contribution in [2.45, 2.75) is 0 Å². The molecule has 0 aliphatic rings. The monoisotopic (exact) mass is 240 g/mol. The summed E-state index contributed by atoms with van der Waals surface area (Å²) >= 11 is 3.17. The molecule has 0 spiro atoms. The Morgan fingerprint density at radius 2 is 1.85 bits per heavy atom. The van der Waals surface area contributed by atoms with Gasteiger partial charge in [0.05, 0.1) is 4.47 Å². The fraction of sp³-hybridized carbons (Fsp3) is 0. The largest absolute Gasteiger partial charge is 0.506 e. The Morgan fingerprint density at radius 1 is 1.08 bits per heavy atom. The van der Waals surface area contributed by atoms with E-state index in [0.29, 0.717) is 15.2 Å². The number of aromatic hydroxyl groups is 1. The molecule has 1 N–H and O–H groups in total. The fourth-order valence-electron chi connectivity index (χ4n) is 1.28. The van der Waals surface area contributed by atoms with Crippen LogP contribution in [0.2, 0.25) is 0 Å². The first-order valence-electron chi connectivity index (χ1n) is 3.76. The van der Waals surface area contributed by atoms with E-state index >= 15 is 0 Å². The van der Waals surface area contributed by atoms with Gasteiger partial charge in [0.2, 0.25) is 0 Å². The molecule has 0 saturated carbocycles. The molecular formula is C10H6BrFO. The van der Waals surface area contributed by atoms with Crippen LogP contribution in [0.15, 0.2) is 34.8 Å². The second-order valence-corrected chi connectivity index (χ2v) is 3.59. The third-order valence-corrected chi connectivity index (χ3v) is 2.57. The van der Waals surface area contributed by atoms with E-state index < -0.39 is 0 Å². The number of rotatable bonds is 0. The molecule has 0 amide bonds. The summed E-state index contributed by atoms with van der Waals surface area (Å²) in [7, 11) is 0.